The Bertz CT molecular complexity index is 718. The maximum absolute atomic E-state index is 11.8. The quantitative estimate of drug-likeness (QED) is 0.870. The minimum atomic E-state index is -0.253. The fraction of sp³-hybridized carbons (Fsp3) is 0.529. The van der Waals surface area contributed by atoms with Crippen LogP contribution in [0.15, 0.2) is 18.2 Å². The zero-order valence-corrected chi connectivity index (χ0v) is 14.1. The molecule has 1 N–H and O–H groups in total. The van der Waals surface area contributed by atoms with Gasteiger partial charge in [0.2, 0.25) is 0 Å². The maximum Gasteiger partial charge on any atom is 0.348 e. The molecule has 0 saturated carbocycles. The molecule has 0 amide bonds. The molecule has 2 saturated heterocycles. The SMILES string of the molecule is CCOC(=O)c1cc2ccc(CN3C[C@H]4CNC[C@H]4C3)nc2s1. The van der Waals surface area contributed by atoms with Crippen LogP contribution in [-0.2, 0) is 11.3 Å². The number of nitrogens with zero attached hydrogens (tertiary/aromatic N) is 2. The molecule has 4 heterocycles. The normalized spacial score (nSPS) is 24.2. The summed E-state index contributed by atoms with van der Waals surface area (Å²) in [6, 6.07) is 6.02. The van der Waals surface area contributed by atoms with Crippen molar-refractivity contribution in [1.29, 1.82) is 0 Å². The zero-order chi connectivity index (χ0) is 15.8. The summed E-state index contributed by atoms with van der Waals surface area (Å²) in [5.41, 5.74) is 1.09. The highest BCUT2D eigenvalue weighted by molar-refractivity contribution is 7.20. The molecule has 122 valence electrons. The number of nitrogens with one attached hydrogen (secondary N) is 1. The van der Waals surface area contributed by atoms with Gasteiger partial charge < -0.3 is 10.1 Å². The van der Waals surface area contributed by atoms with E-state index in [9.17, 15) is 4.79 Å². The number of fused-ring (bicyclic) bond motifs is 2. The molecule has 23 heavy (non-hydrogen) atoms. The van der Waals surface area contributed by atoms with E-state index in [0.717, 1.165) is 60.5 Å². The van der Waals surface area contributed by atoms with Crippen LogP contribution >= 0.6 is 11.3 Å². The highest BCUT2D eigenvalue weighted by atomic mass is 32.1. The second-order valence-corrected chi connectivity index (χ2v) is 7.43. The number of rotatable bonds is 4. The predicted octanol–water partition coefficient (Wildman–Crippen LogP) is 2.12. The maximum atomic E-state index is 11.8. The van der Waals surface area contributed by atoms with Crippen molar-refractivity contribution in [3.05, 3.63) is 28.8 Å². The summed E-state index contributed by atoms with van der Waals surface area (Å²) in [5.74, 6) is 1.35. The fourth-order valence-corrected chi connectivity index (χ4v) is 4.60. The molecule has 2 atom stereocenters. The van der Waals surface area contributed by atoms with Gasteiger partial charge in [-0.1, -0.05) is 6.07 Å². The van der Waals surface area contributed by atoms with Gasteiger partial charge in [-0.15, -0.1) is 11.3 Å². The molecule has 2 aromatic heterocycles. The lowest BCUT2D eigenvalue weighted by Gasteiger charge is -2.16. The van der Waals surface area contributed by atoms with Gasteiger partial charge in [-0.05, 0) is 44.0 Å². The number of carbonyl (C=O) groups is 1. The molecule has 0 unspecified atom stereocenters. The van der Waals surface area contributed by atoms with Crippen LogP contribution in [0.5, 0.6) is 0 Å². The topological polar surface area (TPSA) is 54.5 Å². The van der Waals surface area contributed by atoms with Crippen LogP contribution in [0.25, 0.3) is 10.2 Å². The summed E-state index contributed by atoms with van der Waals surface area (Å²) in [7, 11) is 0. The minimum absolute atomic E-state index is 0.253. The van der Waals surface area contributed by atoms with Crippen LogP contribution in [0, 0.1) is 11.8 Å². The number of aromatic nitrogens is 1. The van der Waals surface area contributed by atoms with Crippen LogP contribution < -0.4 is 5.32 Å². The van der Waals surface area contributed by atoms with Crippen LogP contribution in [0.1, 0.15) is 22.3 Å². The largest absolute Gasteiger partial charge is 0.462 e. The lowest BCUT2D eigenvalue weighted by atomic mass is 10.0. The van der Waals surface area contributed by atoms with Crippen LogP contribution in [0.4, 0.5) is 0 Å². The Kier molecular flexibility index (Phi) is 4.05. The van der Waals surface area contributed by atoms with Crippen molar-refractivity contribution in [3.63, 3.8) is 0 Å². The van der Waals surface area contributed by atoms with E-state index in [-0.39, 0.29) is 5.97 Å². The van der Waals surface area contributed by atoms with E-state index < -0.39 is 0 Å². The average Bonchev–Trinajstić information content (AvgIpc) is 3.20. The summed E-state index contributed by atoms with van der Waals surface area (Å²) >= 11 is 1.42. The Hall–Kier alpha value is -1.50. The summed E-state index contributed by atoms with van der Waals surface area (Å²) in [6.07, 6.45) is 0. The zero-order valence-electron chi connectivity index (χ0n) is 13.2. The van der Waals surface area contributed by atoms with Gasteiger partial charge in [-0.25, -0.2) is 9.78 Å². The molecule has 2 aliphatic heterocycles. The minimum Gasteiger partial charge on any atom is -0.462 e. The molecule has 0 bridgehead atoms. The lowest BCUT2D eigenvalue weighted by Crippen LogP contribution is -2.25. The summed E-state index contributed by atoms with van der Waals surface area (Å²) in [4.78, 5) is 20.6. The van der Waals surface area contributed by atoms with E-state index in [2.05, 4.69) is 22.3 Å². The Morgan fingerprint density at radius 3 is 2.91 bits per heavy atom. The summed E-state index contributed by atoms with van der Waals surface area (Å²) in [6.45, 7) is 7.75. The molecule has 0 radical (unpaired) electrons. The molecule has 2 aromatic rings. The average molecular weight is 331 g/mol. The smallest absolute Gasteiger partial charge is 0.348 e. The van der Waals surface area contributed by atoms with Gasteiger partial charge in [0, 0.05) is 25.0 Å². The van der Waals surface area contributed by atoms with Gasteiger partial charge in [-0.3, -0.25) is 4.90 Å². The monoisotopic (exact) mass is 331 g/mol. The Balaban J connectivity index is 1.49. The molecular weight excluding hydrogens is 310 g/mol. The van der Waals surface area contributed by atoms with Gasteiger partial charge in [0.15, 0.2) is 0 Å². The van der Waals surface area contributed by atoms with Gasteiger partial charge in [0.05, 0.1) is 12.3 Å². The standard InChI is InChI=1S/C17H21N3O2S/c1-2-22-17(21)15-5-11-3-4-14(19-16(11)23-15)10-20-8-12-6-18-7-13(12)9-20/h3-5,12-13,18H,2,6-10H2,1H3/t12-,13+. The van der Waals surface area contributed by atoms with Gasteiger partial charge in [-0.2, -0.15) is 0 Å². The summed E-state index contributed by atoms with van der Waals surface area (Å²) in [5, 5.41) is 4.49. The first-order valence-electron chi connectivity index (χ1n) is 8.22. The van der Waals surface area contributed by atoms with Crippen LogP contribution in [0.3, 0.4) is 0 Å². The molecule has 0 spiro atoms. The first-order valence-corrected chi connectivity index (χ1v) is 9.04. The van der Waals surface area contributed by atoms with Crippen LogP contribution in [-0.4, -0.2) is 48.6 Å². The first-order chi connectivity index (χ1) is 11.2. The Morgan fingerprint density at radius 1 is 1.39 bits per heavy atom. The van der Waals surface area contributed by atoms with E-state index >= 15 is 0 Å². The number of likely N-dealkylation sites (tertiary alicyclic amines) is 1. The van der Waals surface area contributed by atoms with Crippen molar-refractivity contribution in [2.75, 3.05) is 32.8 Å². The second kappa shape index (κ2) is 6.19. The molecule has 2 fully saturated rings. The molecule has 0 aliphatic carbocycles. The molecule has 4 rings (SSSR count). The van der Waals surface area contributed by atoms with Gasteiger partial charge in [0.1, 0.15) is 9.71 Å². The third-order valence-corrected chi connectivity index (χ3v) is 5.79. The van der Waals surface area contributed by atoms with Crippen molar-refractivity contribution in [1.82, 2.24) is 15.2 Å². The summed E-state index contributed by atoms with van der Waals surface area (Å²) < 4.78 is 5.07. The van der Waals surface area contributed by atoms with E-state index in [4.69, 9.17) is 9.72 Å². The Labute approximate surface area is 139 Å². The highest BCUT2D eigenvalue weighted by Crippen LogP contribution is 2.29. The molecule has 5 nitrogen and oxygen atoms in total. The lowest BCUT2D eigenvalue weighted by molar-refractivity contribution is 0.0532. The number of pyridine rings is 1. The molecule has 0 aromatic carbocycles. The van der Waals surface area contributed by atoms with Crippen molar-refractivity contribution >= 4 is 27.5 Å². The molecule has 2 aliphatic rings. The van der Waals surface area contributed by atoms with Crippen molar-refractivity contribution in [2.45, 2.75) is 13.5 Å². The van der Waals surface area contributed by atoms with E-state index in [1.54, 1.807) is 0 Å². The molecule has 6 heteroatoms. The number of ether oxygens (including phenoxy) is 1. The predicted molar refractivity (Wildman–Crippen MR) is 90.7 cm³/mol. The number of hydrogen-bond donors (Lipinski definition) is 1. The number of thiophene rings is 1. The van der Waals surface area contributed by atoms with E-state index in [1.807, 2.05) is 13.0 Å². The number of esters is 1. The van der Waals surface area contributed by atoms with Crippen molar-refractivity contribution in [2.24, 2.45) is 11.8 Å². The van der Waals surface area contributed by atoms with E-state index in [1.165, 1.54) is 11.3 Å². The number of hydrogen-bond acceptors (Lipinski definition) is 6. The van der Waals surface area contributed by atoms with Crippen molar-refractivity contribution in [3.8, 4) is 0 Å². The fourth-order valence-electron chi connectivity index (χ4n) is 3.66. The third-order valence-electron chi connectivity index (χ3n) is 4.77. The van der Waals surface area contributed by atoms with Gasteiger partial charge >= 0.3 is 5.97 Å². The van der Waals surface area contributed by atoms with E-state index in [0.29, 0.717) is 11.5 Å². The van der Waals surface area contributed by atoms with Crippen molar-refractivity contribution < 1.29 is 9.53 Å². The van der Waals surface area contributed by atoms with Gasteiger partial charge in [0.25, 0.3) is 0 Å². The second-order valence-electron chi connectivity index (χ2n) is 6.40. The third kappa shape index (κ3) is 2.98. The first kappa shape index (κ1) is 15.1. The van der Waals surface area contributed by atoms with Crippen LogP contribution in [0.2, 0.25) is 0 Å². The molecular formula is C17H21N3O2S. The highest BCUT2D eigenvalue weighted by Gasteiger charge is 2.35. The Morgan fingerprint density at radius 2 is 2.17 bits per heavy atom. The number of carbonyl (C=O) groups excluding carboxylic acids is 1.